The Hall–Kier alpha value is -3.78. The highest BCUT2D eigenvalue weighted by Crippen LogP contribution is 2.28. The van der Waals surface area contributed by atoms with Gasteiger partial charge < -0.3 is 20.9 Å². The first-order valence-corrected chi connectivity index (χ1v) is 10.3. The zero-order chi connectivity index (χ0) is 21.2. The standard InChI is InChI=1S/C23H24N8/c1-30-9-11-31(12-10-30)21-6-5-18(15-26-21)28-23-27-14-16-3-2-4-19(22(16)29-23)20-13-17(24)7-8-25-20/h2-8,13-15H,9-12H2,1H3,(H2,24,25)(H,27,28,29). The summed E-state index contributed by atoms with van der Waals surface area (Å²) in [6.07, 6.45) is 5.34. The minimum absolute atomic E-state index is 0.512. The molecule has 0 aliphatic carbocycles. The number of rotatable bonds is 4. The number of hydrogen-bond donors (Lipinski definition) is 2. The van der Waals surface area contributed by atoms with Crippen molar-refractivity contribution in [2.24, 2.45) is 0 Å². The van der Waals surface area contributed by atoms with Crippen LogP contribution < -0.4 is 16.0 Å². The van der Waals surface area contributed by atoms with Crippen molar-refractivity contribution in [2.75, 3.05) is 49.2 Å². The Balaban J connectivity index is 1.40. The van der Waals surface area contributed by atoms with E-state index in [1.165, 1.54) is 0 Å². The Morgan fingerprint density at radius 1 is 0.935 bits per heavy atom. The van der Waals surface area contributed by atoms with Gasteiger partial charge in [-0.2, -0.15) is 0 Å². The first-order valence-electron chi connectivity index (χ1n) is 10.3. The minimum Gasteiger partial charge on any atom is -0.399 e. The number of nitrogens with zero attached hydrogens (tertiary/aromatic N) is 6. The third-order valence-corrected chi connectivity index (χ3v) is 5.50. The maximum Gasteiger partial charge on any atom is 0.227 e. The van der Waals surface area contributed by atoms with Crippen molar-refractivity contribution < 1.29 is 0 Å². The Labute approximate surface area is 180 Å². The summed E-state index contributed by atoms with van der Waals surface area (Å²) < 4.78 is 0. The largest absolute Gasteiger partial charge is 0.399 e. The summed E-state index contributed by atoms with van der Waals surface area (Å²) >= 11 is 0. The highest BCUT2D eigenvalue weighted by molar-refractivity contribution is 5.93. The molecule has 1 aromatic carbocycles. The van der Waals surface area contributed by atoms with E-state index in [2.05, 4.69) is 37.1 Å². The van der Waals surface area contributed by atoms with Crippen LogP contribution in [-0.2, 0) is 0 Å². The molecule has 1 aliphatic rings. The number of nitrogens with two attached hydrogens (primary N) is 1. The number of hydrogen-bond acceptors (Lipinski definition) is 8. The molecule has 3 aromatic heterocycles. The summed E-state index contributed by atoms with van der Waals surface area (Å²) in [5.41, 5.74) is 9.98. The molecule has 0 amide bonds. The van der Waals surface area contributed by atoms with Crippen LogP contribution in [-0.4, -0.2) is 58.1 Å². The number of nitrogen functional groups attached to an aromatic ring is 1. The number of fused-ring (bicyclic) bond motifs is 1. The molecule has 0 bridgehead atoms. The number of nitrogens with one attached hydrogen (secondary N) is 1. The van der Waals surface area contributed by atoms with Gasteiger partial charge >= 0.3 is 0 Å². The van der Waals surface area contributed by atoms with Crippen molar-refractivity contribution >= 4 is 34.0 Å². The quantitative estimate of drug-likeness (QED) is 0.528. The van der Waals surface area contributed by atoms with E-state index in [-0.39, 0.29) is 0 Å². The second kappa shape index (κ2) is 8.16. The SMILES string of the molecule is CN1CCN(c2ccc(Nc3ncc4cccc(-c5cc(N)ccn5)c4n3)cn2)CC1. The molecule has 0 unspecified atom stereocenters. The van der Waals surface area contributed by atoms with Crippen molar-refractivity contribution in [2.45, 2.75) is 0 Å². The van der Waals surface area contributed by atoms with Crippen LogP contribution in [0.25, 0.3) is 22.2 Å². The molecular weight excluding hydrogens is 388 g/mol. The van der Waals surface area contributed by atoms with Crippen LogP contribution in [0.2, 0.25) is 0 Å². The van der Waals surface area contributed by atoms with Crippen molar-refractivity contribution in [3.63, 3.8) is 0 Å². The average molecular weight is 413 g/mol. The van der Waals surface area contributed by atoms with Gasteiger partial charge in [0.15, 0.2) is 0 Å². The fraction of sp³-hybridized carbons (Fsp3) is 0.217. The summed E-state index contributed by atoms with van der Waals surface area (Å²) in [6, 6.07) is 13.6. The van der Waals surface area contributed by atoms with Gasteiger partial charge in [-0.15, -0.1) is 0 Å². The third-order valence-electron chi connectivity index (χ3n) is 5.50. The van der Waals surface area contributed by atoms with E-state index in [1.54, 1.807) is 12.3 Å². The molecule has 0 saturated carbocycles. The minimum atomic E-state index is 0.512. The van der Waals surface area contributed by atoms with Crippen LogP contribution in [0.1, 0.15) is 0 Å². The van der Waals surface area contributed by atoms with Crippen molar-refractivity contribution in [1.82, 2.24) is 24.8 Å². The molecule has 1 saturated heterocycles. The van der Waals surface area contributed by atoms with Crippen LogP contribution in [0.3, 0.4) is 0 Å². The summed E-state index contributed by atoms with van der Waals surface area (Å²) in [6.45, 7) is 4.09. The molecular formula is C23H24N8. The van der Waals surface area contributed by atoms with Crippen molar-refractivity contribution in [3.05, 3.63) is 61.1 Å². The summed E-state index contributed by atoms with van der Waals surface area (Å²) in [4.78, 5) is 22.9. The maximum absolute atomic E-state index is 5.95. The number of pyridine rings is 2. The Morgan fingerprint density at radius 3 is 2.58 bits per heavy atom. The number of aromatic nitrogens is 4. The summed E-state index contributed by atoms with van der Waals surface area (Å²) in [5, 5.41) is 4.21. The summed E-state index contributed by atoms with van der Waals surface area (Å²) in [5.74, 6) is 1.51. The maximum atomic E-state index is 5.95. The second-order valence-electron chi connectivity index (χ2n) is 7.73. The zero-order valence-electron chi connectivity index (χ0n) is 17.4. The number of piperazine rings is 1. The van der Waals surface area contributed by atoms with E-state index >= 15 is 0 Å². The van der Waals surface area contributed by atoms with Gasteiger partial charge in [-0.25, -0.2) is 15.0 Å². The monoisotopic (exact) mass is 412 g/mol. The van der Waals surface area contributed by atoms with E-state index in [4.69, 9.17) is 10.7 Å². The first kappa shape index (κ1) is 19.2. The lowest BCUT2D eigenvalue weighted by molar-refractivity contribution is 0.312. The Morgan fingerprint density at radius 2 is 1.81 bits per heavy atom. The van der Waals surface area contributed by atoms with E-state index in [1.807, 2.05) is 48.8 Å². The van der Waals surface area contributed by atoms with Crippen LogP contribution in [0.4, 0.5) is 23.1 Å². The Kier molecular flexibility index (Phi) is 5.05. The fourth-order valence-electron chi connectivity index (χ4n) is 3.73. The molecule has 0 spiro atoms. The molecule has 3 N–H and O–H groups in total. The fourth-order valence-corrected chi connectivity index (χ4v) is 3.73. The van der Waals surface area contributed by atoms with Gasteiger partial charge in [-0.05, 0) is 31.3 Å². The predicted molar refractivity (Wildman–Crippen MR) is 124 cm³/mol. The number of benzene rings is 1. The van der Waals surface area contributed by atoms with E-state index in [0.29, 0.717) is 11.6 Å². The highest BCUT2D eigenvalue weighted by Gasteiger charge is 2.15. The zero-order valence-corrected chi connectivity index (χ0v) is 17.4. The van der Waals surface area contributed by atoms with Crippen molar-refractivity contribution in [1.29, 1.82) is 0 Å². The highest BCUT2D eigenvalue weighted by atomic mass is 15.3. The van der Waals surface area contributed by atoms with Crippen LogP contribution in [0, 0.1) is 0 Å². The smallest absolute Gasteiger partial charge is 0.227 e. The normalized spacial score (nSPS) is 14.7. The molecule has 0 radical (unpaired) electrons. The lowest BCUT2D eigenvalue weighted by Gasteiger charge is -2.33. The van der Waals surface area contributed by atoms with Gasteiger partial charge in [0.1, 0.15) is 5.82 Å². The molecule has 156 valence electrons. The van der Waals surface area contributed by atoms with E-state index in [9.17, 15) is 0 Å². The molecule has 8 nitrogen and oxygen atoms in total. The van der Waals surface area contributed by atoms with Crippen molar-refractivity contribution in [3.8, 4) is 11.3 Å². The van der Waals surface area contributed by atoms with Gasteiger partial charge in [0.2, 0.25) is 5.95 Å². The van der Waals surface area contributed by atoms with Gasteiger partial charge in [-0.3, -0.25) is 4.98 Å². The van der Waals surface area contributed by atoms with Gasteiger partial charge in [0, 0.05) is 55.2 Å². The number of likely N-dealkylation sites (N-methyl/N-ethyl adjacent to an activating group) is 1. The summed E-state index contributed by atoms with van der Waals surface area (Å²) in [7, 11) is 2.15. The molecule has 4 aromatic rings. The number of para-hydroxylation sites is 1. The molecule has 31 heavy (non-hydrogen) atoms. The molecule has 8 heteroatoms. The lowest BCUT2D eigenvalue weighted by Crippen LogP contribution is -2.44. The molecule has 0 atom stereocenters. The molecule has 5 rings (SSSR count). The first-order chi connectivity index (χ1) is 15.2. The topological polar surface area (TPSA) is 96.1 Å². The van der Waals surface area contributed by atoms with Gasteiger partial charge in [0.05, 0.1) is 23.1 Å². The second-order valence-corrected chi connectivity index (χ2v) is 7.73. The average Bonchev–Trinajstić information content (AvgIpc) is 2.80. The third kappa shape index (κ3) is 4.10. The van der Waals surface area contributed by atoms with Crippen LogP contribution >= 0.6 is 0 Å². The Bertz CT molecular complexity index is 1200. The molecule has 1 aliphatic heterocycles. The molecule has 1 fully saturated rings. The molecule has 4 heterocycles. The van der Waals surface area contributed by atoms with E-state index < -0.39 is 0 Å². The van der Waals surface area contributed by atoms with E-state index in [0.717, 1.165) is 59.8 Å². The lowest BCUT2D eigenvalue weighted by atomic mass is 10.1. The predicted octanol–water partition coefficient (Wildman–Crippen LogP) is 3.16. The number of anilines is 4. The van der Waals surface area contributed by atoms with Gasteiger partial charge in [0.25, 0.3) is 0 Å². The van der Waals surface area contributed by atoms with Gasteiger partial charge in [-0.1, -0.05) is 18.2 Å². The van der Waals surface area contributed by atoms with Crippen LogP contribution in [0.15, 0.2) is 61.1 Å². The van der Waals surface area contributed by atoms with Crippen LogP contribution in [0.5, 0.6) is 0 Å².